The first kappa shape index (κ1) is 27.7. The van der Waals surface area contributed by atoms with Gasteiger partial charge >= 0.3 is 5.96 Å². The average molecular weight is 580 g/mol. The molecule has 6 rings (SSSR count). The lowest BCUT2D eigenvalue weighted by Gasteiger charge is -2.46. The molecule has 2 aromatic rings. The summed E-state index contributed by atoms with van der Waals surface area (Å²) in [6.07, 6.45) is 2.29. The summed E-state index contributed by atoms with van der Waals surface area (Å²) in [4.78, 5) is 43.5. The number of amides is 2. The van der Waals surface area contributed by atoms with E-state index in [1.165, 1.54) is 17.2 Å². The van der Waals surface area contributed by atoms with Crippen molar-refractivity contribution in [1.29, 1.82) is 0 Å². The van der Waals surface area contributed by atoms with Gasteiger partial charge < -0.3 is 31.3 Å². The van der Waals surface area contributed by atoms with Crippen LogP contribution in [0.5, 0.6) is 5.75 Å². The number of para-hydroxylation sites is 1. The zero-order valence-electron chi connectivity index (χ0n) is 23.5. The number of hydrogen-bond acceptors (Lipinski definition) is 12. The number of aliphatic imine (C=N–C) groups is 1. The van der Waals surface area contributed by atoms with Crippen LogP contribution in [0.4, 0.5) is 0 Å². The minimum absolute atomic E-state index is 0.0150. The predicted octanol–water partition coefficient (Wildman–Crippen LogP) is -3.87. The largest absolute Gasteiger partial charge is 0.492 e. The van der Waals surface area contributed by atoms with Gasteiger partial charge in [-0.1, -0.05) is 26.0 Å². The third-order valence-electron chi connectivity index (χ3n) is 8.63. The Kier molecular flexibility index (Phi) is 6.27. The number of nitrogens with zero attached hydrogens (tertiary/aromatic N) is 4. The van der Waals surface area contributed by atoms with E-state index in [-0.39, 0.29) is 36.1 Å². The number of hydrogen-bond donors (Lipinski definition) is 8. The maximum atomic E-state index is 13.6. The van der Waals surface area contributed by atoms with Crippen molar-refractivity contribution in [3.05, 3.63) is 53.1 Å². The van der Waals surface area contributed by atoms with Crippen LogP contribution < -0.4 is 37.1 Å². The maximum absolute atomic E-state index is 13.6. The molecule has 0 saturated carbocycles. The Morgan fingerprint density at radius 2 is 2.02 bits per heavy atom. The number of carbonyl (C=O) groups excluding carboxylic acids is 2. The highest BCUT2D eigenvalue weighted by Gasteiger charge is 2.76. The minimum atomic E-state index is -2.59. The topological polar surface area (TPSA) is 227 Å². The zero-order chi connectivity index (χ0) is 30.0. The summed E-state index contributed by atoms with van der Waals surface area (Å²) in [6.45, 7) is 6.20. The number of guanidine groups is 2. The van der Waals surface area contributed by atoms with Crippen molar-refractivity contribution in [2.45, 2.75) is 62.2 Å². The fraction of sp³-hybridized carbons (Fsp3) is 0.481. The molecular weight excluding hydrogens is 544 g/mol. The maximum Gasteiger partial charge on any atom is 0.343 e. The lowest BCUT2D eigenvalue weighted by atomic mass is 9.79. The van der Waals surface area contributed by atoms with Crippen LogP contribution in [-0.2, 0) is 5.41 Å². The van der Waals surface area contributed by atoms with Crippen molar-refractivity contribution in [1.82, 2.24) is 30.8 Å². The molecule has 1 spiro atoms. The normalized spacial score (nSPS) is 28.2. The van der Waals surface area contributed by atoms with Crippen LogP contribution in [0.25, 0.3) is 0 Å². The Balaban J connectivity index is 1.26. The smallest absolute Gasteiger partial charge is 0.343 e. The standard InChI is InChI=1S/C27H34N10O5/c1-13-30-9-7-16(32-13)22(39)31-11-17-20-26(36-23(28)35-20)27(40,41)18(12-37(26)24(29)33-17)34-21(38)14-5-4-6-15-19(14)42-10-8-25(15,2)3/h4-7,9,17-18,20,40-41H,8,10-12H2,1-3H3,(H2,29,33)(H,31,39)(H,34,38)(H3,28,35,36)/p+1/t17-,18?,20-,26?/m0/s1. The Hall–Kier alpha value is -4.50. The van der Waals surface area contributed by atoms with Crippen molar-refractivity contribution >= 4 is 23.7 Å². The van der Waals surface area contributed by atoms with Crippen LogP contribution >= 0.6 is 0 Å². The number of aromatic nitrogens is 2. The first-order valence-corrected chi connectivity index (χ1v) is 13.7. The van der Waals surface area contributed by atoms with Crippen molar-refractivity contribution in [3.63, 3.8) is 0 Å². The monoisotopic (exact) mass is 579 g/mol. The number of rotatable bonds is 5. The summed E-state index contributed by atoms with van der Waals surface area (Å²) in [5.41, 5.74) is 12.0. The Morgan fingerprint density at radius 3 is 2.79 bits per heavy atom. The highest BCUT2D eigenvalue weighted by Crippen LogP contribution is 2.43. The van der Waals surface area contributed by atoms with E-state index in [0.717, 1.165) is 12.0 Å². The summed E-state index contributed by atoms with van der Waals surface area (Å²) in [6, 6.07) is 4.00. The van der Waals surface area contributed by atoms with Crippen molar-refractivity contribution in [2.24, 2.45) is 16.5 Å². The molecule has 0 bridgehead atoms. The zero-order valence-corrected chi connectivity index (χ0v) is 23.5. The van der Waals surface area contributed by atoms with Gasteiger partial charge in [0.05, 0.1) is 18.7 Å². The van der Waals surface area contributed by atoms with Gasteiger partial charge in [0, 0.05) is 18.3 Å². The first-order valence-electron chi connectivity index (χ1n) is 13.7. The quantitative estimate of drug-likeness (QED) is 0.160. The van der Waals surface area contributed by atoms with E-state index in [9.17, 15) is 19.8 Å². The number of nitrogens with one attached hydrogen (secondary N) is 4. The van der Waals surface area contributed by atoms with Crippen LogP contribution in [0, 0.1) is 6.92 Å². The van der Waals surface area contributed by atoms with E-state index in [1.54, 1.807) is 19.1 Å². The van der Waals surface area contributed by atoms with E-state index in [4.69, 9.17) is 16.2 Å². The number of aliphatic hydroxyl groups is 2. The van der Waals surface area contributed by atoms with Crippen LogP contribution in [0.2, 0.25) is 0 Å². The fourth-order valence-electron chi connectivity index (χ4n) is 6.39. The van der Waals surface area contributed by atoms with Gasteiger partial charge in [0.2, 0.25) is 5.79 Å². The molecule has 1 saturated heterocycles. The van der Waals surface area contributed by atoms with Gasteiger partial charge in [-0.25, -0.2) is 20.3 Å². The van der Waals surface area contributed by atoms with E-state index in [2.05, 4.69) is 49.8 Å². The number of ether oxygens (including phenoxy) is 1. The number of nitrogens with two attached hydrogens (primary N) is 2. The van der Waals surface area contributed by atoms with Crippen molar-refractivity contribution < 1.29 is 29.5 Å². The van der Waals surface area contributed by atoms with Gasteiger partial charge in [0.25, 0.3) is 17.5 Å². The lowest BCUT2D eigenvalue weighted by Crippen LogP contribution is -2.90. The summed E-state index contributed by atoms with van der Waals surface area (Å²) in [7, 11) is 0. The van der Waals surface area contributed by atoms with Gasteiger partial charge in [0.1, 0.15) is 29.4 Å². The van der Waals surface area contributed by atoms with E-state index in [1.807, 2.05) is 6.07 Å². The van der Waals surface area contributed by atoms with Gasteiger partial charge in [0.15, 0.2) is 12.0 Å². The van der Waals surface area contributed by atoms with Gasteiger partial charge in [-0.15, -0.1) is 0 Å². The van der Waals surface area contributed by atoms with Crippen LogP contribution in [0.15, 0.2) is 35.5 Å². The third-order valence-corrected chi connectivity index (χ3v) is 8.63. The van der Waals surface area contributed by atoms with Gasteiger partial charge in [-0.05, 0) is 30.9 Å². The molecule has 1 aromatic carbocycles. The molecule has 5 heterocycles. The molecule has 1 fully saturated rings. The highest BCUT2D eigenvalue weighted by atomic mass is 16.5. The molecule has 0 radical (unpaired) electrons. The first-order chi connectivity index (χ1) is 19.8. The third kappa shape index (κ3) is 4.10. The van der Waals surface area contributed by atoms with E-state index in [0.29, 0.717) is 23.7 Å². The van der Waals surface area contributed by atoms with E-state index >= 15 is 0 Å². The molecule has 222 valence electrons. The summed E-state index contributed by atoms with van der Waals surface area (Å²) in [5.74, 6) is -2.62. The Labute approximate surface area is 241 Å². The average Bonchev–Trinajstić information content (AvgIpc) is 3.40. The molecule has 10 N–H and O–H groups in total. The Morgan fingerprint density at radius 1 is 1.24 bits per heavy atom. The molecule has 15 nitrogen and oxygen atoms in total. The fourth-order valence-corrected chi connectivity index (χ4v) is 6.39. The second-order valence-corrected chi connectivity index (χ2v) is 11.7. The summed E-state index contributed by atoms with van der Waals surface area (Å²) in [5, 5.41) is 32.0. The van der Waals surface area contributed by atoms with Crippen molar-refractivity contribution in [2.75, 3.05) is 19.7 Å². The molecule has 4 aliphatic rings. The molecule has 2 amide bonds. The second kappa shape index (κ2) is 9.52. The molecule has 4 aliphatic heterocycles. The molecule has 2 unspecified atom stereocenters. The molecule has 15 heteroatoms. The second-order valence-electron chi connectivity index (χ2n) is 11.7. The Bertz CT molecular complexity index is 1520. The lowest BCUT2D eigenvalue weighted by molar-refractivity contribution is -0.521. The minimum Gasteiger partial charge on any atom is -0.492 e. The highest BCUT2D eigenvalue weighted by molar-refractivity contribution is 5.98. The molecule has 42 heavy (non-hydrogen) atoms. The molecular formula is C27H35N10O5+. The van der Waals surface area contributed by atoms with Gasteiger partial charge in [-0.3, -0.25) is 25.2 Å². The predicted molar refractivity (Wildman–Crippen MR) is 149 cm³/mol. The van der Waals surface area contributed by atoms with Crippen molar-refractivity contribution in [3.8, 4) is 5.75 Å². The number of benzene rings is 1. The SMILES string of the molecule is Cc1nccc(C(=O)NC[C@@H]2N=C(N)N3CC(NC(=O)c4cccc5c4OCCC5(C)C)C(O)(O)C34NC(N)=[NH+][C@@H]24)n1. The van der Waals surface area contributed by atoms with Crippen LogP contribution in [0.3, 0.4) is 0 Å². The number of aryl methyl sites for hydroxylation is 1. The number of fused-ring (bicyclic) bond motifs is 1. The van der Waals surface area contributed by atoms with Gasteiger partial charge in [-0.2, -0.15) is 0 Å². The van der Waals surface area contributed by atoms with Crippen LogP contribution in [-0.4, -0.2) is 98.1 Å². The van der Waals surface area contributed by atoms with E-state index < -0.39 is 41.4 Å². The summed E-state index contributed by atoms with van der Waals surface area (Å²) >= 11 is 0. The molecule has 0 aliphatic carbocycles. The molecule has 4 atom stereocenters. The number of carbonyl (C=O) groups is 2. The molecule has 1 aromatic heterocycles. The summed E-state index contributed by atoms with van der Waals surface area (Å²) < 4.78 is 5.90. The van der Waals surface area contributed by atoms with Crippen LogP contribution in [0.1, 0.15) is 52.5 Å².